The van der Waals surface area contributed by atoms with Crippen LogP contribution >= 0.6 is 15.9 Å². The van der Waals surface area contributed by atoms with Crippen LogP contribution in [0.5, 0.6) is 0 Å². The number of hydrogen-bond acceptors (Lipinski definition) is 5. The summed E-state index contributed by atoms with van der Waals surface area (Å²) in [5.41, 5.74) is -0.122. The van der Waals surface area contributed by atoms with E-state index in [-0.39, 0.29) is 23.6 Å². The number of halogens is 1. The second kappa shape index (κ2) is 8.03. The van der Waals surface area contributed by atoms with Crippen LogP contribution in [-0.4, -0.2) is 40.5 Å². The zero-order valence-electron chi connectivity index (χ0n) is 15.0. The number of piperidine rings is 1. The van der Waals surface area contributed by atoms with Crippen LogP contribution in [0.25, 0.3) is 0 Å². The lowest BCUT2D eigenvalue weighted by atomic mass is 9.96. The summed E-state index contributed by atoms with van der Waals surface area (Å²) in [6.07, 6.45) is 0.709. The highest BCUT2D eigenvalue weighted by Gasteiger charge is 2.30. The highest BCUT2D eigenvalue weighted by atomic mass is 79.9. The molecule has 0 unspecified atom stereocenters. The molecule has 1 heterocycles. The molecule has 142 valence electrons. The predicted molar refractivity (Wildman–Crippen MR) is 100.0 cm³/mol. The lowest BCUT2D eigenvalue weighted by molar-refractivity contribution is -0.384. The van der Waals surface area contributed by atoms with E-state index in [1.165, 1.54) is 18.2 Å². The average molecular weight is 428 g/mol. The van der Waals surface area contributed by atoms with Gasteiger partial charge in [-0.25, -0.2) is 4.79 Å². The van der Waals surface area contributed by atoms with E-state index in [0.29, 0.717) is 36.1 Å². The molecule has 0 atom stereocenters. The maximum absolute atomic E-state index is 12.4. The van der Waals surface area contributed by atoms with Crippen LogP contribution in [0.1, 0.15) is 33.6 Å². The van der Waals surface area contributed by atoms with Gasteiger partial charge in [-0.05, 0) is 55.6 Å². The molecule has 1 aliphatic rings. The maximum Gasteiger partial charge on any atom is 0.410 e. The van der Waals surface area contributed by atoms with Gasteiger partial charge in [0, 0.05) is 35.6 Å². The summed E-state index contributed by atoms with van der Waals surface area (Å²) in [4.78, 5) is 36.4. The zero-order chi connectivity index (χ0) is 19.5. The Balaban J connectivity index is 1.91. The molecule has 1 N–H and O–H groups in total. The SMILES string of the molecule is CC(C)(C)OC(=O)N1CCC(C(=O)Nc2ccc([N+](=O)[O-])cc2Br)CC1. The van der Waals surface area contributed by atoms with Gasteiger partial charge in [0.25, 0.3) is 5.69 Å². The third-order valence-corrected chi connectivity index (χ3v) is 4.59. The minimum Gasteiger partial charge on any atom is -0.444 e. The van der Waals surface area contributed by atoms with Crippen molar-refractivity contribution < 1.29 is 19.2 Å². The molecule has 1 aromatic carbocycles. The van der Waals surface area contributed by atoms with E-state index in [1.54, 1.807) is 4.90 Å². The van der Waals surface area contributed by atoms with Crippen molar-refractivity contribution in [3.05, 3.63) is 32.8 Å². The first-order valence-electron chi connectivity index (χ1n) is 8.29. The molecular formula is C17H22BrN3O5. The van der Waals surface area contributed by atoms with E-state index in [4.69, 9.17) is 4.74 Å². The molecule has 8 nitrogen and oxygen atoms in total. The number of nitrogens with zero attached hydrogens (tertiary/aromatic N) is 2. The van der Waals surface area contributed by atoms with Crippen LogP contribution in [0.3, 0.4) is 0 Å². The van der Waals surface area contributed by atoms with E-state index in [0.717, 1.165) is 0 Å². The second-order valence-electron chi connectivity index (χ2n) is 7.15. The molecule has 1 aromatic rings. The van der Waals surface area contributed by atoms with Crippen molar-refractivity contribution >= 4 is 39.3 Å². The number of amides is 2. The van der Waals surface area contributed by atoms with Crippen molar-refractivity contribution in [2.75, 3.05) is 18.4 Å². The van der Waals surface area contributed by atoms with Crippen LogP contribution in [0.2, 0.25) is 0 Å². The monoisotopic (exact) mass is 427 g/mol. The fourth-order valence-electron chi connectivity index (χ4n) is 2.60. The molecule has 0 bridgehead atoms. The number of anilines is 1. The van der Waals surface area contributed by atoms with Crippen LogP contribution in [0.15, 0.2) is 22.7 Å². The molecule has 9 heteroatoms. The van der Waals surface area contributed by atoms with Crippen LogP contribution in [0.4, 0.5) is 16.2 Å². The van der Waals surface area contributed by atoms with Gasteiger partial charge in [0.15, 0.2) is 0 Å². The maximum atomic E-state index is 12.4. The Morgan fingerprint density at radius 1 is 1.31 bits per heavy atom. The normalized spacial score (nSPS) is 15.5. The molecule has 0 saturated carbocycles. The van der Waals surface area contributed by atoms with E-state index in [1.807, 2.05) is 20.8 Å². The predicted octanol–water partition coefficient (Wildman–Crippen LogP) is 3.94. The van der Waals surface area contributed by atoms with Crippen molar-refractivity contribution in [3.63, 3.8) is 0 Å². The Kier molecular flexibility index (Phi) is 6.22. The zero-order valence-corrected chi connectivity index (χ0v) is 16.5. The quantitative estimate of drug-likeness (QED) is 0.581. The highest BCUT2D eigenvalue weighted by molar-refractivity contribution is 9.10. The van der Waals surface area contributed by atoms with Crippen LogP contribution in [-0.2, 0) is 9.53 Å². The van der Waals surface area contributed by atoms with Crippen molar-refractivity contribution in [3.8, 4) is 0 Å². The van der Waals surface area contributed by atoms with Crippen LogP contribution < -0.4 is 5.32 Å². The number of non-ortho nitro benzene ring substituents is 1. The standard InChI is InChI=1S/C17H22BrN3O5/c1-17(2,3)26-16(23)20-8-6-11(7-9-20)15(22)19-14-5-4-12(21(24)25)10-13(14)18/h4-5,10-11H,6-9H2,1-3H3,(H,19,22). The van der Waals surface area contributed by atoms with Crippen LogP contribution in [0, 0.1) is 16.0 Å². The minimum absolute atomic E-state index is 0.0551. The van der Waals surface area contributed by atoms with E-state index in [2.05, 4.69) is 21.2 Å². The number of ether oxygens (including phenoxy) is 1. The summed E-state index contributed by atoms with van der Waals surface area (Å²) in [6.45, 7) is 6.34. The summed E-state index contributed by atoms with van der Waals surface area (Å²) < 4.78 is 5.79. The summed E-state index contributed by atoms with van der Waals surface area (Å²) in [6, 6.07) is 4.18. The van der Waals surface area contributed by atoms with Crippen molar-refractivity contribution in [2.45, 2.75) is 39.2 Å². The highest BCUT2D eigenvalue weighted by Crippen LogP contribution is 2.28. The van der Waals surface area contributed by atoms with Crippen molar-refractivity contribution in [2.24, 2.45) is 5.92 Å². The number of likely N-dealkylation sites (tertiary alicyclic amines) is 1. The van der Waals surface area contributed by atoms with Gasteiger partial charge < -0.3 is 15.0 Å². The first-order chi connectivity index (χ1) is 12.1. The molecule has 1 saturated heterocycles. The molecule has 2 amide bonds. The van der Waals surface area contributed by atoms with Gasteiger partial charge in [-0.15, -0.1) is 0 Å². The van der Waals surface area contributed by atoms with Gasteiger partial charge in [0.1, 0.15) is 5.60 Å². The lowest BCUT2D eigenvalue weighted by Gasteiger charge is -2.33. The number of carbonyl (C=O) groups excluding carboxylic acids is 2. The van der Waals surface area contributed by atoms with Gasteiger partial charge in [-0.3, -0.25) is 14.9 Å². The second-order valence-corrected chi connectivity index (χ2v) is 8.01. The third-order valence-electron chi connectivity index (χ3n) is 3.94. The van der Waals surface area contributed by atoms with Gasteiger partial charge in [0.2, 0.25) is 5.91 Å². The number of benzene rings is 1. The molecule has 26 heavy (non-hydrogen) atoms. The molecule has 0 radical (unpaired) electrons. The van der Waals surface area contributed by atoms with Crippen molar-refractivity contribution in [1.82, 2.24) is 4.90 Å². The molecule has 1 fully saturated rings. The van der Waals surface area contributed by atoms with Gasteiger partial charge >= 0.3 is 6.09 Å². The number of rotatable bonds is 3. The largest absolute Gasteiger partial charge is 0.444 e. The first kappa shape index (κ1) is 20.2. The third kappa shape index (κ3) is 5.42. The van der Waals surface area contributed by atoms with Gasteiger partial charge in [-0.2, -0.15) is 0 Å². The molecule has 1 aliphatic heterocycles. The number of carbonyl (C=O) groups is 2. The Morgan fingerprint density at radius 3 is 2.42 bits per heavy atom. The molecular weight excluding hydrogens is 406 g/mol. The number of nitro benzene ring substituents is 1. The summed E-state index contributed by atoms with van der Waals surface area (Å²) in [5.74, 6) is -0.390. The average Bonchev–Trinajstić information content (AvgIpc) is 2.55. The number of nitro groups is 1. The Morgan fingerprint density at radius 2 is 1.92 bits per heavy atom. The van der Waals surface area contributed by atoms with E-state index in [9.17, 15) is 19.7 Å². The molecule has 0 spiro atoms. The van der Waals surface area contributed by atoms with E-state index < -0.39 is 10.5 Å². The fraction of sp³-hybridized carbons (Fsp3) is 0.529. The Labute approximate surface area is 160 Å². The smallest absolute Gasteiger partial charge is 0.410 e. The van der Waals surface area contributed by atoms with Crippen molar-refractivity contribution in [1.29, 1.82) is 0 Å². The first-order valence-corrected chi connectivity index (χ1v) is 9.09. The van der Waals surface area contributed by atoms with E-state index >= 15 is 0 Å². The molecule has 2 rings (SSSR count). The van der Waals surface area contributed by atoms with Gasteiger partial charge in [-0.1, -0.05) is 0 Å². The number of nitrogens with one attached hydrogen (secondary N) is 1. The Hall–Kier alpha value is -2.16. The number of hydrogen-bond donors (Lipinski definition) is 1. The fourth-order valence-corrected chi connectivity index (χ4v) is 3.07. The molecule has 0 aromatic heterocycles. The van der Waals surface area contributed by atoms with Gasteiger partial charge in [0.05, 0.1) is 10.6 Å². The minimum atomic E-state index is -0.548. The summed E-state index contributed by atoms with van der Waals surface area (Å²) in [5, 5.41) is 13.5. The summed E-state index contributed by atoms with van der Waals surface area (Å²) in [7, 11) is 0. The Bertz CT molecular complexity index is 709. The summed E-state index contributed by atoms with van der Waals surface area (Å²) >= 11 is 3.24. The topological polar surface area (TPSA) is 102 Å². The molecule has 0 aliphatic carbocycles. The lowest BCUT2D eigenvalue weighted by Crippen LogP contribution is -2.43.